The zero-order valence-corrected chi connectivity index (χ0v) is 11.1. The molecule has 1 atom stereocenters. The minimum absolute atomic E-state index is 0.351. The van der Waals surface area contributed by atoms with Gasteiger partial charge >= 0.3 is 0 Å². The van der Waals surface area contributed by atoms with Gasteiger partial charge in [-0.1, -0.05) is 32.0 Å². The van der Waals surface area contributed by atoms with Gasteiger partial charge in [-0.25, -0.2) is 0 Å². The highest BCUT2D eigenvalue weighted by molar-refractivity contribution is 5.33. The Morgan fingerprint density at radius 1 is 1.12 bits per heavy atom. The highest BCUT2D eigenvalue weighted by atomic mass is 14.6. The molecule has 0 heterocycles. The Labute approximate surface area is 100 Å². The van der Waals surface area contributed by atoms with Gasteiger partial charge in [0.15, 0.2) is 0 Å². The first-order valence-electron chi connectivity index (χ1n) is 6.33. The zero-order chi connectivity index (χ0) is 12.1. The third kappa shape index (κ3) is 3.64. The summed E-state index contributed by atoms with van der Waals surface area (Å²) in [7, 11) is 0. The van der Waals surface area contributed by atoms with Crippen LogP contribution in [-0.2, 0) is 6.42 Å². The summed E-state index contributed by atoms with van der Waals surface area (Å²) in [5.74, 6) is 0.595. The van der Waals surface area contributed by atoms with Gasteiger partial charge in [-0.15, -0.1) is 0 Å². The summed E-state index contributed by atoms with van der Waals surface area (Å²) in [6.07, 6.45) is 3.50. The van der Waals surface area contributed by atoms with Gasteiger partial charge in [0.25, 0.3) is 0 Å². The van der Waals surface area contributed by atoms with E-state index in [4.69, 9.17) is 5.73 Å². The largest absolute Gasteiger partial charge is 0.327 e. The van der Waals surface area contributed by atoms with E-state index in [0.29, 0.717) is 12.0 Å². The molecule has 0 saturated carbocycles. The van der Waals surface area contributed by atoms with Gasteiger partial charge in [-0.05, 0) is 55.7 Å². The van der Waals surface area contributed by atoms with Crippen molar-refractivity contribution in [3.63, 3.8) is 0 Å². The van der Waals surface area contributed by atoms with E-state index in [2.05, 4.69) is 45.9 Å². The Morgan fingerprint density at radius 3 is 2.19 bits per heavy atom. The number of hydrogen-bond donors (Lipinski definition) is 1. The van der Waals surface area contributed by atoms with Crippen molar-refractivity contribution in [1.82, 2.24) is 0 Å². The minimum atomic E-state index is 0.351. The van der Waals surface area contributed by atoms with E-state index in [0.717, 1.165) is 6.42 Å². The first kappa shape index (κ1) is 13.2. The van der Waals surface area contributed by atoms with Crippen LogP contribution in [0.1, 0.15) is 43.4 Å². The molecule has 1 heteroatoms. The summed E-state index contributed by atoms with van der Waals surface area (Å²) < 4.78 is 0. The maximum Gasteiger partial charge on any atom is 0.00620 e. The van der Waals surface area contributed by atoms with Gasteiger partial charge in [0, 0.05) is 6.04 Å². The predicted octanol–water partition coefficient (Wildman–Crippen LogP) is 3.61. The molecule has 2 N–H and O–H groups in total. The summed E-state index contributed by atoms with van der Waals surface area (Å²) >= 11 is 0. The van der Waals surface area contributed by atoms with Crippen LogP contribution in [0.15, 0.2) is 18.2 Å². The maximum absolute atomic E-state index is 6.06. The van der Waals surface area contributed by atoms with Crippen molar-refractivity contribution in [2.45, 2.75) is 53.0 Å². The summed E-state index contributed by atoms with van der Waals surface area (Å²) in [4.78, 5) is 0. The van der Waals surface area contributed by atoms with E-state index >= 15 is 0 Å². The fraction of sp³-hybridized carbons (Fsp3) is 0.600. The van der Waals surface area contributed by atoms with Crippen LogP contribution < -0.4 is 5.73 Å². The average Bonchev–Trinajstić information content (AvgIpc) is 2.22. The van der Waals surface area contributed by atoms with E-state index in [-0.39, 0.29) is 0 Å². The normalized spacial score (nSPS) is 13.1. The van der Waals surface area contributed by atoms with Crippen molar-refractivity contribution in [3.8, 4) is 0 Å². The Hall–Kier alpha value is -0.820. The summed E-state index contributed by atoms with van der Waals surface area (Å²) in [5.41, 5.74) is 10.4. The Kier molecular flexibility index (Phi) is 5.01. The third-order valence-corrected chi connectivity index (χ3v) is 3.47. The molecule has 1 aromatic rings. The SMILES string of the molecule is Cc1cccc(C)c1CCCC(N)C(C)C. The molecule has 0 aliphatic heterocycles. The van der Waals surface area contributed by atoms with Crippen molar-refractivity contribution in [2.75, 3.05) is 0 Å². The highest BCUT2D eigenvalue weighted by Gasteiger charge is 2.08. The molecule has 1 unspecified atom stereocenters. The molecular weight excluding hydrogens is 194 g/mol. The fourth-order valence-electron chi connectivity index (χ4n) is 2.09. The van der Waals surface area contributed by atoms with Crippen LogP contribution in [-0.4, -0.2) is 6.04 Å². The standard InChI is InChI=1S/C15H25N/c1-11(2)15(16)10-6-9-14-12(3)7-5-8-13(14)4/h5,7-8,11,15H,6,9-10,16H2,1-4H3. The van der Waals surface area contributed by atoms with E-state index in [9.17, 15) is 0 Å². The van der Waals surface area contributed by atoms with Crippen molar-refractivity contribution in [3.05, 3.63) is 34.9 Å². The molecule has 1 nitrogen and oxygen atoms in total. The molecule has 0 saturated heterocycles. The van der Waals surface area contributed by atoms with Crippen molar-refractivity contribution < 1.29 is 0 Å². The minimum Gasteiger partial charge on any atom is -0.327 e. The van der Waals surface area contributed by atoms with Gasteiger partial charge in [-0.2, -0.15) is 0 Å². The molecule has 1 aromatic carbocycles. The molecule has 0 aliphatic rings. The summed E-state index contributed by atoms with van der Waals surface area (Å²) in [6, 6.07) is 6.88. The van der Waals surface area contributed by atoms with Crippen LogP contribution in [0.25, 0.3) is 0 Å². The summed E-state index contributed by atoms with van der Waals surface area (Å²) in [6.45, 7) is 8.79. The second kappa shape index (κ2) is 6.05. The Bertz CT molecular complexity index is 308. The molecule has 16 heavy (non-hydrogen) atoms. The lowest BCUT2D eigenvalue weighted by Gasteiger charge is -2.16. The van der Waals surface area contributed by atoms with Crippen LogP contribution in [0.3, 0.4) is 0 Å². The van der Waals surface area contributed by atoms with Crippen molar-refractivity contribution in [2.24, 2.45) is 11.7 Å². The van der Waals surface area contributed by atoms with Gasteiger partial charge in [0.1, 0.15) is 0 Å². The number of rotatable bonds is 5. The van der Waals surface area contributed by atoms with E-state index in [1.807, 2.05) is 0 Å². The van der Waals surface area contributed by atoms with Crippen molar-refractivity contribution >= 4 is 0 Å². The lowest BCUT2D eigenvalue weighted by atomic mass is 9.94. The highest BCUT2D eigenvalue weighted by Crippen LogP contribution is 2.17. The monoisotopic (exact) mass is 219 g/mol. The summed E-state index contributed by atoms with van der Waals surface area (Å²) in [5, 5.41) is 0. The second-order valence-corrected chi connectivity index (χ2v) is 5.17. The topological polar surface area (TPSA) is 26.0 Å². The smallest absolute Gasteiger partial charge is 0.00620 e. The van der Waals surface area contributed by atoms with Crippen LogP contribution in [0.2, 0.25) is 0 Å². The van der Waals surface area contributed by atoms with Gasteiger partial charge in [0.2, 0.25) is 0 Å². The molecule has 0 radical (unpaired) electrons. The predicted molar refractivity (Wildman–Crippen MR) is 71.7 cm³/mol. The van der Waals surface area contributed by atoms with Crippen LogP contribution in [0.5, 0.6) is 0 Å². The number of nitrogens with two attached hydrogens (primary N) is 1. The molecular formula is C15H25N. The van der Waals surface area contributed by atoms with Crippen molar-refractivity contribution in [1.29, 1.82) is 0 Å². The zero-order valence-electron chi connectivity index (χ0n) is 11.1. The molecule has 90 valence electrons. The average molecular weight is 219 g/mol. The Morgan fingerprint density at radius 2 is 1.69 bits per heavy atom. The van der Waals surface area contributed by atoms with Gasteiger partial charge in [0.05, 0.1) is 0 Å². The second-order valence-electron chi connectivity index (χ2n) is 5.17. The van der Waals surface area contributed by atoms with Crippen LogP contribution in [0.4, 0.5) is 0 Å². The lowest BCUT2D eigenvalue weighted by molar-refractivity contribution is 0.452. The first-order valence-corrected chi connectivity index (χ1v) is 6.33. The van der Waals surface area contributed by atoms with E-state index < -0.39 is 0 Å². The van der Waals surface area contributed by atoms with E-state index in [1.54, 1.807) is 0 Å². The van der Waals surface area contributed by atoms with Crippen LogP contribution in [0, 0.1) is 19.8 Å². The first-order chi connectivity index (χ1) is 7.52. The molecule has 0 aromatic heterocycles. The number of aryl methyl sites for hydroxylation is 2. The fourth-order valence-corrected chi connectivity index (χ4v) is 2.09. The molecule has 1 rings (SSSR count). The molecule has 0 amide bonds. The van der Waals surface area contributed by atoms with E-state index in [1.165, 1.54) is 29.5 Å². The molecule has 0 bridgehead atoms. The lowest BCUT2D eigenvalue weighted by Crippen LogP contribution is -2.26. The Balaban J connectivity index is 2.49. The quantitative estimate of drug-likeness (QED) is 0.804. The van der Waals surface area contributed by atoms with Gasteiger partial charge < -0.3 is 5.73 Å². The number of benzene rings is 1. The molecule has 0 aliphatic carbocycles. The third-order valence-electron chi connectivity index (χ3n) is 3.47. The molecule has 0 spiro atoms. The van der Waals surface area contributed by atoms with Crippen LogP contribution >= 0.6 is 0 Å². The number of hydrogen-bond acceptors (Lipinski definition) is 1. The van der Waals surface area contributed by atoms with Gasteiger partial charge in [-0.3, -0.25) is 0 Å². The molecule has 0 fully saturated rings. The maximum atomic E-state index is 6.06.